The van der Waals surface area contributed by atoms with Crippen LogP contribution in [0.25, 0.3) is 0 Å². The third-order valence-electron chi connectivity index (χ3n) is 2.17. The van der Waals surface area contributed by atoms with Crippen molar-refractivity contribution in [3.63, 3.8) is 0 Å². The molecule has 0 saturated heterocycles. The molecule has 0 amide bonds. The van der Waals surface area contributed by atoms with E-state index in [2.05, 4.69) is 21.6 Å². The average Bonchev–Trinajstić information content (AvgIpc) is 2.79. The summed E-state index contributed by atoms with van der Waals surface area (Å²) in [5.41, 5.74) is 2.21. The first-order chi connectivity index (χ1) is 8.67. The van der Waals surface area contributed by atoms with Crippen molar-refractivity contribution in [2.75, 3.05) is 5.32 Å². The number of hydrogen-bond acceptors (Lipinski definition) is 6. The molecule has 0 unspecified atom stereocenters. The van der Waals surface area contributed by atoms with Crippen LogP contribution < -0.4 is 5.32 Å². The topological polar surface area (TPSA) is 61.6 Å². The summed E-state index contributed by atoms with van der Waals surface area (Å²) >= 11 is 2.88. The second-order valence-corrected chi connectivity index (χ2v) is 6.32. The summed E-state index contributed by atoms with van der Waals surface area (Å²) in [5.74, 6) is 0. The lowest BCUT2D eigenvalue weighted by Crippen LogP contribution is -1.89. The molecule has 0 bridgehead atoms. The first-order valence-electron chi connectivity index (χ1n) is 5.41. The van der Waals surface area contributed by atoms with E-state index in [-0.39, 0.29) is 5.25 Å². The molecule has 0 radical (unpaired) electrons. The highest BCUT2D eigenvalue weighted by atomic mass is 32.2. The molecule has 4 nitrogen and oxygen atoms in total. The van der Waals surface area contributed by atoms with Gasteiger partial charge in [0.05, 0.1) is 11.3 Å². The van der Waals surface area contributed by atoms with E-state index in [1.807, 2.05) is 38.1 Å². The quantitative estimate of drug-likeness (QED) is 0.865. The summed E-state index contributed by atoms with van der Waals surface area (Å²) < 4.78 is 0.804. The standard InChI is InChI=1S/C12H12N4S2/c1-8-3-5-10(6-4-8)14-11-15-16-12(18-11)17-9(2)7-13/h3-6,9H,1-2H3,(H,14,15)/t9-/m1/s1. The molecule has 1 aromatic carbocycles. The second-order valence-electron chi connectivity index (χ2n) is 3.75. The molecule has 0 aliphatic carbocycles. The lowest BCUT2D eigenvalue weighted by molar-refractivity contribution is 1.01. The minimum atomic E-state index is -0.106. The van der Waals surface area contributed by atoms with Gasteiger partial charge in [-0.25, -0.2) is 0 Å². The summed E-state index contributed by atoms with van der Waals surface area (Å²) in [6.07, 6.45) is 0. The van der Waals surface area contributed by atoms with E-state index in [4.69, 9.17) is 5.26 Å². The number of hydrogen-bond donors (Lipinski definition) is 1. The number of nitrogens with one attached hydrogen (secondary N) is 1. The lowest BCUT2D eigenvalue weighted by atomic mass is 10.2. The van der Waals surface area contributed by atoms with Crippen molar-refractivity contribution in [1.82, 2.24) is 10.2 Å². The van der Waals surface area contributed by atoms with E-state index in [1.165, 1.54) is 28.7 Å². The van der Waals surface area contributed by atoms with Crippen molar-refractivity contribution in [3.05, 3.63) is 29.8 Å². The summed E-state index contributed by atoms with van der Waals surface area (Å²) in [7, 11) is 0. The average molecular weight is 276 g/mol. The SMILES string of the molecule is Cc1ccc(Nc2nnc(S[C@H](C)C#N)s2)cc1. The molecule has 0 spiro atoms. The number of nitriles is 1. The van der Waals surface area contributed by atoms with Crippen molar-refractivity contribution in [1.29, 1.82) is 5.26 Å². The van der Waals surface area contributed by atoms with Gasteiger partial charge in [-0.3, -0.25) is 0 Å². The highest BCUT2D eigenvalue weighted by Gasteiger charge is 2.09. The van der Waals surface area contributed by atoms with Crippen molar-refractivity contribution in [3.8, 4) is 6.07 Å². The van der Waals surface area contributed by atoms with Gasteiger partial charge in [0.1, 0.15) is 0 Å². The predicted octanol–water partition coefficient (Wildman–Crippen LogP) is 3.59. The van der Waals surface area contributed by atoms with E-state index in [0.29, 0.717) is 0 Å². The second kappa shape index (κ2) is 5.85. The number of nitrogens with zero attached hydrogens (tertiary/aromatic N) is 3. The van der Waals surface area contributed by atoms with Crippen LogP contribution in [-0.4, -0.2) is 15.4 Å². The first kappa shape index (κ1) is 12.9. The smallest absolute Gasteiger partial charge is 0.210 e. The molecule has 0 aliphatic rings. The van der Waals surface area contributed by atoms with Gasteiger partial charge in [0.2, 0.25) is 5.13 Å². The maximum absolute atomic E-state index is 8.73. The van der Waals surface area contributed by atoms with Crippen LogP contribution in [0.5, 0.6) is 0 Å². The number of aryl methyl sites for hydroxylation is 1. The van der Waals surface area contributed by atoms with Crippen molar-refractivity contribution >= 4 is 33.9 Å². The van der Waals surface area contributed by atoms with Crippen molar-refractivity contribution in [2.24, 2.45) is 0 Å². The predicted molar refractivity (Wildman–Crippen MR) is 75.3 cm³/mol. The van der Waals surface area contributed by atoms with Gasteiger partial charge in [-0.2, -0.15) is 5.26 Å². The molecule has 0 aliphatic heterocycles. The van der Waals surface area contributed by atoms with Crippen LogP contribution in [-0.2, 0) is 0 Å². The molecule has 2 aromatic rings. The number of rotatable bonds is 4. The molecule has 1 aromatic heterocycles. The van der Waals surface area contributed by atoms with Crippen LogP contribution >= 0.6 is 23.1 Å². The van der Waals surface area contributed by atoms with Crippen LogP contribution in [0.2, 0.25) is 0 Å². The lowest BCUT2D eigenvalue weighted by Gasteiger charge is -2.01. The fourth-order valence-electron chi connectivity index (χ4n) is 1.25. The van der Waals surface area contributed by atoms with Gasteiger partial charge < -0.3 is 5.32 Å². The van der Waals surface area contributed by atoms with Gasteiger partial charge in [-0.15, -0.1) is 10.2 Å². The zero-order valence-electron chi connectivity index (χ0n) is 10.0. The van der Waals surface area contributed by atoms with Crippen LogP contribution in [0.3, 0.4) is 0 Å². The molecule has 1 heterocycles. The van der Waals surface area contributed by atoms with E-state index >= 15 is 0 Å². The Morgan fingerprint density at radius 1 is 1.33 bits per heavy atom. The Morgan fingerprint density at radius 2 is 2.06 bits per heavy atom. The first-order valence-corrected chi connectivity index (χ1v) is 7.10. The normalized spacial score (nSPS) is 11.8. The molecule has 92 valence electrons. The van der Waals surface area contributed by atoms with E-state index < -0.39 is 0 Å². The Bertz CT molecular complexity index is 556. The Balaban J connectivity index is 2.02. The maximum Gasteiger partial charge on any atom is 0.210 e. The van der Waals surface area contributed by atoms with Crippen LogP contribution in [0.4, 0.5) is 10.8 Å². The summed E-state index contributed by atoms with van der Waals surface area (Å²) in [6, 6.07) is 10.2. The van der Waals surface area contributed by atoms with Gasteiger partial charge in [0.15, 0.2) is 4.34 Å². The number of aromatic nitrogens is 2. The van der Waals surface area contributed by atoms with E-state index in [9.17, 15) is 0 Å². The third-order valence-corrected chi connectivity index (χ3v) is 4.08. The summed E-state index contributed by atoms with van der Waals surface area (Å²) in [4.78, 5) is 0. The monoisotopic (exact) mass is 276 g/mol. The minimum Gasteiger partial charge on any atom is -0.330 e. The zero-order valence-corrected chi connectivity index (χ0v) is 11.7. The number of thioether (sulfide) groups is 1. The Morgan fingerprint density at radius 3 is 2.72 bits per heavy atom. The van der Waals surface area contributed by atoms with Gasteiger partial charge >= 0.3 is 0 Å². The molecule has 0 fully saturated rings. The molecular weight excluding hydrogens is 264 g/mol. The fraction of sp³-hybridized carbons (Fsp3) is 0.250. The van der Waals surface area contributed by atoms with Gasteiger partial charge in [0, 0.05) is 5.69 Å². The summed E-state index contributed by atoms with van der Waals surface area (Å²) in [6.45, 7) is 3.89. The fourth-order valence-corrected chi connectivity index (χ4v) is 3.05. The minimum absolute atomic E-state index is 0.106. The molecular formula is C12H12N4S2. The van der Waals surface area contributed by atoms with E-state index in [0.717, 1.165) is 15.2 Å². The Hall–Kier alpha value is -1.58. The molecule has 0 saturated carbocycles. The third kappa shape index (κ3) is 3.45. The highest BCUT2D eigenvalue weighted by molar-refractivity contribution is 8.01. The van der Waals surface area contributed by atoms with Gasteiger partial charge in [0.25, 0.3) is 0 Å². The number of anilines is 2. The van der Waals surface area contributed by atoms with Crippen molar-refractivity contribution in [2.45, 2.75) is 23.4 Å². The van der Waals surface area contributed by atoms with E-state index in [1.54, 1.807) is 0 Å². The van der Waals surface area contributed by atoms with Crippen LogP contribution in [0.1, 0.15) is 12.5 Å². The molecule has 2 rings (SSSR count). The molecule has 1 atom stereocenters. The molecule has 6 heteroatoms. The zero-order chi connectivity index (χ0) is 13.0. The van der Waals surface area contributed by atoms with Gasteiger partial charge in [-0.05, 0) is 26.0 Å². The van der Waals surface area contributed by atoms with Crippen LogP contribution in [0.15, 0.2) is 28.6 Å². The Kier molecular flexibility index (Phi) is 4.18. The highest BCUT2D eigenvalue weighted by Crippen LogP contribution is 2.29. The largest absolute Gasteiger partial charge is 0.330 e. The maximum atomic E-state index is 8.73. The summed E-state index contributed by atoms with van der Waals surface area (Å²) in [5, 5.41) is 20.6. The van der Waals surface area contributed by atoms with Crippen molar-refractivity contribution < 1.29 is 0 Å². The molecule has 1 N–H and O–H groups in total. The van der Waals surface area contributed by atoms with Gasteiger partial charge in [-0.1, -0.05) is 40.8 Å². The number of benzene rings is 1. The Labute approximate surface area is 114 Å². The molecule has 18 heavy (non-hydrogen) atoms. The van der Waals surface area contributed by atoms with Crippen LogP contribution in [0, 0.1) is 18.3 Å².